The van der Waals surface area contributed by atoms with Gasteiger partial charge in [0.2, 0.25) is 0 Å². The minimum Gasteiger partial charge on any atom is -0.155 e. The maximum absolute atomic E-state index is 4.68. The van der Waals surface area contributed by atoms with Gasteiger partial charge in [-0.2, -0.15) is 10.2 Å². The van der Waals surface area contributed by atoms with Crippen LogP contribution in [0.5, 0.6) is 0 Å². The van der Waals surface area contributed by atoms with Crippen molar-refractivity contribution in [2.45, 2.75) is 119 Å². The number of aryl methyl sites for hydroxylation is 4. The maximum atomic E-state index is 4.68. The summed E-state index contributed by atoms with van der Waals surface area (Å²) in [6, 6.07) is 11.3. The van der Waals surface area contributed by atoms with Crippen LogP contribution in [0.25, 0.3) is 6.08 Å². The van der Waals surface area contributed by atoms with Crippen LogP contribution < -0.4 is 0 Å². The van der Waals surface area contributed by atoms with Crippen molar-refractivity contribution in [3.8, 4) is 0 Å². The van der Waals surface area contributed by atoms with Crippen molar-refractivity contribution in [1.82, 2.24) is 0 Å². The lowest BCUT2D eigenvalue weighted by atomic mass is 9.91. The molecule has 0 heterocycles. The van der Waals surface area contributed by atoms with Crippen molar-refractivity contribution in [2.75, 3.05) is 0 Å². The summed E-state index contributed by atoms with van der Waals surface area (Å²) < 4.78 is 0. The van der Waals surface area contributed by atoms with E-state index in [1.54, 1.807) is 5.56 Å². The second-order valence-corrected chi connectivity index (χ2v) is 9.79. The molecule has 0 aliphatic heterocycles. The first-order valence-electron chi connectivity index (χ1n) is 13.9. The fourth-order valence-electron chi connectivity index (χ4n) is 4.62. The van der Waals surface area contributed by atoms with Gasteiger partial charge in [0.15, 0.2) is 0 Å². The van der Waals surface area contributed by atoms with Crippen LogP contribution in [-0.2, 0) is 25.7 Å². The fourth-order valence-corrected chi connectivity index (χ4v) is 4.62. The first-order valence-corrected chi connectivity index (χ1v) is 13.9. The van der Waals surface area contributed by atoms with E-state index >= 15 is 0 Å². The Kier molecular flexibility index (Phi) is 12.9. The molecule has 0 fully saturated rings. The zero-order valence-corrected chi connectivity index (χ0v) is 22.8. The molecule has 2 aromatic carbocycles. The van der Waals surface area contributed by atoms with Gasteiger partial charge in [-0.05, 0) is 110 Å². The third kappa shape index (κ3) is 9.20. The molecule has 0 aliphatic carbocycles. The van der Waals surface area contributed by atoms with Gasteiger partial charge in [0, 0.05) is 0 Å². The van der Waals surface area contributed by atoms with Gasteiger partial charge in [0.05, 0.1) is 11.4 Å². The van der Waals surface area contributed by atoms with Gasteiger partial charge in [-0.15, -0.1) is 0 Å². The molecular weight excluding hydrogens is 412 g/mol. The van der Waals surface area contributed by atoms with Crippen LogP contribution in [0.3, 0.4) is 0 Å². The third-order valence-corrected chi connectivity index (χ3v) is 6.75. The summed E-state index contributed by atoms with van der Waals surface area (Å²) in [5, 5.41) is 9.29. The average Bonchev–Trinajstić information content (AvgIpc) is 2.84. The van der Waals surface area contributed by atoms with E-state index < -0.39 is 0 Å². The molecule has 0 unspecified atom stereocenters. The number of azo groups is 1. The second-order valence-electron chi connectivity index (χ2n) is 9.79. The Morgan fingerprint density at radius 2 is 1.41 bits per heavy atom. The number of benzene rings is 2. The molecule has 34 heavy (non-hydrogen) atoms. The Balaban J connectivity index is 2.25. The Hall–Kier alpha value is -2.22. The third-order valence-electron chi connectivity index (χ3n) is 6.75. The quantitative estimate of drug-likeness (QED) is 0.186. The highest BCUT2D eigenvalue weighted by molar-refractivity contribution is 5.55. The Labute approximate surface area is 210 Å². The molecule has 2 heteroatoms. The molecule has 0 aromatic heterocycles. The summed E-state index contributed by atoms with van der Waals surface area (Å²) >= 11 is 0. The van der Waals surface area contributed by atoms with E-state index in [4.69, 9.17) is 0 Å². The van der Waals surface area contributed by atoms with Crippen molar-refractivity contribution in [3.05, 3.63) is 69.4 Å². The van der Waals surface area contributed by atoms with Crippen LogP contribution in [0.15, 0.2) is 46.3 Å². The van der Waals surface area contributed by atoms with E-state index in [-0.39, 0.29) is 0 Å². The molecule has 0 saturated heterocycles. The normalized spacial score (nSPS) is 12.1. The maximum Gasteiger partial charge on any atom is 0.0862 e. The minimum atomic E-state index is 0.947. The SMILES string of the molecule is CCCCCCc1cc(N=NC(C)=Cc2ccc(C)c(CCCC)c2)cc(CC)c1CCCC. The van der Waals surface area contributed by atoms with E-state index in [9.17, 15) is 0 Å². The van der Waals surface area contributed by atoms with Gasteiger partial charge >= 0.3 is 0 Å². The van der Waals surface area contributed by atoms with E-state index in [1.165, 1.54) is 85.6 Å². The Bertz CT molecular complexity index is 936. The molecule has 186 valence electrons. The van der Waals surface area contributed by atoms with Gasteiger partial charge < -0.3 is 0 Å². The Morgan fingerprint density at radius 1 is 0.735 bits per heavy atom. The molecular formula is C32H48N2. The zero-order chi connectivity index (χ0) is 24.8. The number of rotatable bonds is 15. The Morgan fingerprint density at radius 3 is 2.12 bits per heavy atom. The monoisotopic (exact) mass is 460 g/mol. The van der Waals surface area contributed by atoms with E-state index in [1.807, 2.05) is 0 Å². The second kappa shape index (κ2) is 15.6. The number of nitrogens with zero attached hydrogens (tertiary/aromatic N) is 2. The highest BCUT2D eigenvalue weighted by Crippen LogP contribution is 2.28. The van der Waals surface area contributed by atoms with Crippen molar-refractivity contribution in [2.24, 2.45) is 10.2 Å². The van der Waals surface area contributed by atoms with Crippen molar-refractivity contribution in [1.29, 1.82) is 0 Å². The van der Waals surface area contributed by atoms with Crippen LogP contribution in [0.2, 0.25) is 0 Å². The summed E-state index contributed by atoms with van der Waals surface area (Å²) in [5.41, 5.74) is 10.5. The van der Waals surface area contributed by atoms with Crippen molar-refractivity contribution >= 4 is 11.8 Å². The number of allylic oxidation sites excluding steroid dienone is 1. The average molecular weight is 461 g/mol. The molecule has 2 nitrogen and oxygen atoms in total. The molecule has 0 N–H and O–H groups in total. The van der Waals surface area contributed by atoms with Crippen LogP contribution in [-0.4, -0.2) is 0 Å². The predicted molar refractivity (Wildman–Crippen MR) is 150 cm³/mol. The molecule has 0 spiro atoms. The highest BCUT2D eigenvalue weighted by Gasteiger charge is 2.10. The standard InChI is InChI=1S/C32H48N2/c1-7-11-14-15-17-30-24-31(23-28(10-4)32(30)18-13-9-3)34-33-26(6)21-27-20-19-25(5)29(22-27)16-12-8-2/h19-24H,7-18H2,1-6H3. The summed E-state index contributed by atoms with van der Waals surface area (Å²) in [4.78, 5) is 0. The molecule has 0 saturated carbocycles. The first-order chi connectivity index (χ1) is 16.5. The summed E-state index contributed by atoms with van der Waals surface area (Å²) in [5.74, 6) is 0. The largest absolute Gasteiger partial charge is 0.155 e. The summed E-state index contributed by atoms with van der Waals surface area (Å²) in [6.07, 6.45) is 16.9. The predicted octanol–water partition coefficient (Wildman–Crippen LogP) is 10.5. The summed E-state index contributed by atoms with van der Waals surface area (Å²) in [6.45, 7) is 13.3. The van der Waals surface area contributed by atoms with Gasteiger partial charge in [-0.1, -0.05) is 78.0 Å². The zero-order valence-electron chi connectivity index (χ0n) is 22.8. The highest BCUT2D eigenvalue weighted by atomic mass is 15.1. The van der Waals surface area contributed by atoms with Crippen LogP contribution in [0, 0.1) is 6.92 Å². The van der Waals surface area contributed by atoms with Crippen LogP contribution >= 0.6 is 0 Å². The molecule has 0 aliphatic rings. The minimum absolute atomic E-state index is 0.947. The van der Waals surface area contributed by atoms with E-state index in [0.717, 1.165) is 30.6 Å². The lowest BCUT2D eigenvalue weighted by Crippen LogP contribution is -2.01. The first kappa shape index (κ1) is 28.0. The van der Waals surface area contributed by atoms with Crippen molar-refractivity contribution < 1.29 is 0 Å². The van der Waals surface area contributed by atoms with Gasteiger partial charge in [0.25, 0.3) is 0 Å². The number of unbranched alkanes of at least 4 members (excludes halogenated alkanes) is 5. The molecule has 0 amide bonds. The molecule has 0 bridgehead atoms. The molecule has 0 atom stereocenters. The van der Waals surface area contributed by atoms with E-state index in [0.29, 0.717) is 0 Å². The van der Waals surface area contributed by atoms with Crippen molar-refractivity contribution in [3.63, 3.8) is 0 Å². The lowest BCUT2D eigenvalue weighted by molar-refractivity contribution is 0.661. The number of hydrogen-bond donors (Lipinski definition) is 0. The van der Waals surface area contributed by atoms with Crippen LogP contribution in [0.1, 0.15) is 119 Å². The number of hydrogen-bond acceptors (Lipinski definition) is 2. The smallest absolute Gasteiger partial charge is 0.0862 e. The molecule has 2 aromatic rings. The fraction of sp³-hybridized carbons (Fsp3) is 0.562. The van der Waals surface area contributed by atoms with Crippen LogP contribution in [0.4, 0.5) is 5.69 Å². The molecule has 2 rings (SSSR count). The van der Waals surface area contributed by atoms with E-state index in [2.05, 4.69) is 88.2 Å². The van der Waals surface area contributed by atoms with Gasteiger partial charge in [0.1, 0.15) is 0 Å². The van der Waals surface area contributed by atoms with Gasteiger partial charge in [-0.25, -0.2) is 0 Å². The lowest BCUT2D eigenvalue weighted by Gasteiger charge is -2.15. The molecule has 0 radical (unpaired) electrons. The summed E-state index contributed by atoms with van der Waals surface area (Å²) in [7, 11) is 0. The van der Waals surface area contributed by atoms with Gasteiger partial charge in [-0.3, -0.25) is 0 Å². The topological polar surface area (TPSA) is 24.7 Å².